The summed E-state index contributed by atoms with van der Waals surface area (Å²) in [5.41, 5.74) is 0.462. The highest BCUT2D eigenvalue weighted by molar-refractivity contribution is 5.91. The Bertz CT molecular complexity index is 520. The topological polar surface area (TPSA) is 41.6 Å². The summed E-state index contributed by atoms with van der Waals surface area (Å²) in [4.78, 5) is 13.4. The maximum absolute atomic E-state index is 12.8. The maximum Gasteiger partial charge on any atom is 0.393 e. The molecule has 1 aliphatic rings. The van der Waals surface area contributed by atoms with Crippen LogP contribution in [0.4, 0.5) is 23.7 Å². The van der Waals surface area contributed by atoms with Crippen molar-refractivity contribution in [2.45, 2.75) is 25.9 Å². The molecule has 1 atom stereocenters. The molecule has 0 aromatic heterocycles. The Morgan fingerprint density at radius 3 is 2.82 bits per heavy atom. The van der Waals surface area contributed by atoms with E-state index < -0.39 is 18.1 Å². The molecule has 0 spiro atoms. The van der Waals surface area contributed by atoms with Crippen molar-refractivity contribution in [3.05, 3.63) is 24.3 Å². The van der Waals surface area contributed by atoms with Gasteiger partial charge in [-0.25, -0.2) is 4.79 Å². The molecule has 1 fully saturated rings. The average molecular weight is 316 g/mol. The van der Waals surface area contributed by atoms with Crippen molar-refractivity contribution in [1.29, 1.82) is 0 Å². The van der Waals surface area contributed by atoms with Gasteiger partial charge in [0.2, 0.25) is 0 Å². The van der Waals surface area contributed by atoms with Crippen molar-refractivity contribution in [3.8, 4) is 5.75 Å². The average Bonchev–Trinajstić information content (AvgIpc) is 2.49. The second kappa shape index (κ2) is 6.89. The smallest absolute Gasteiger partial charge is 0.393 e. The Hall–Kier alpha value is -1.92. The highest BCUT2D eigenvalue weighted by Crippen LogP contribution is 2.33. The molecular weight excluding hydrogens is 297 g/mol. The minimum absolute atomic E-state index is 0.0722. The zero-order chi connectivity index (χ0) is 16.2. The van der Waals surface area contributed by atoms with Gasteiger partial charge in [-0.05, 0) is 31.9 Å². The van der Waals surface area contributed by atoms with E-state index >= 15 is 0 Å². The Morgan fingerprint density at radius 1 is 1.41 bits per heavy atom. The Kier molecular flexibility index (Phi) is 5.15. The van der Waals surface area contributed by atoms with Crippen LogP contribution in [0.5, 0.6) is 5.75 Å². The number of urea groups is 1. The van der Waals surface area contributed by atoms with E-state index in [0.29, 0.717) is 31.0 Å². The number of benzene rings is 1. The highest BCUT2D eigenvalue weighted by Gasteiger charge is 2.42. The maximum atomic E-state index is 12.8. The first kappa shape index (κ1) is 16.5. The van der Waals surface area contributed by atoms with Gasteiger partial charge in [0.05, 0.1) is 18.2 Å². The molecule has 7 heteroatoms. The van der Waals surface area contributed by atoms with Crippen LogP contribution in [0.1, 0.15) is 19.8 Å². The van der Waals surface area contributed by atoms with Crippen LogP contribution in [0.15, 0.2) is 24.3 Å². The van der Waals surface area contributed by atoms with Crippen LogP contribution in [0.3, 0.4) is 0 Å². The number of nitrogens with zero attached hydrogens (tertiary/aromatic N) is 1. The van der Waals surface area contributed by atoms with Crippen LogP contribution in [-0.4, -0.2) is 36.8 Å². The highest BCUT2D eigenvalue weighted by atomic mass is 19.4. The van der Waals surface area contributed by atoms with Crippen LogP contribution in [-0.2, 0) is 0 Å². The zero-order valence-corrected chi connectivity index (χ0v) is 12.3. The van der Waals surface area contributed by atoms with E-state index in [1.165, 1.54) is 4.90 Å². The largest absolute Gasteiger partial charge is 0.492 e. The first-order chi connectivity index (χ1) is 10.4. The number of amides is 2. The van der Waals surface area contributed by atoms with Crippen LogP contribution in [0.25, 0.3) is 0 Å². The molecule has 1 aromatic rings. The van der Waals surface area contributed by atoms with Crippen molar-refractivity contribution in [2.24, 2.45) is 5.92 Å². The molecule has 1 heterocycles. The number of carbonyl (C=O) groups excluding carboxylic acids is 1. The Balaban J connectivity index is 2.03. The number of piperidine rings is 1. The number of alkyl halides is 3. The summed E-state index contributed by atoms with van der Waals surface area (Å²) in [5, 5.41) is 2.63. The lowest BCUT2D eigenvalue weighted by molar-refractivity contribution is -0.183. The van der Waals surface area contributed by atoms with E-state index in [9.17, 15) is 18.0 Å². The van der Waals surface area contributed by atoms with Crippen molar-refractivity contribution in [1.82, 2.24) is 4.90 Å². The molecule has 2 amide bonds. The van der Waals surface area contributed by atoms with Crippen LogP contribution in [0.2, 0.25) is 0 Å². The predicted octanol–water partition coefficient (Wildman–Crippen LogP) is 3.89. The van der Waals surface area contributed by atoms with E-state index in [1.807, 2.05) is 6.92 Å². The lowest BCUT2D eigenvalue weighted by Crippen LogP contribution is -2.46. The third-order valence-electron chi connectivity index (χ3n) is 3.60. The van der Waals surface area contributed by atoms with E-state index in [2.05, 4.69) is 5.32 Å². The Morgan fingerprint density at radius 2 is 2.14 bits per heavy atom. The molecule has 1 aromatic carbocycles. The molecule has 0 aliphatic carbocycles. The summed E-state index contributed by atoms with van der Waals surface area (Å²) < 4.78 is 43.8. The number of anilines is 1. The quantitative estimate of drug-likeness (QED) is 0.919. The second-order valence-electron chi connectivity index (χ2n) is 5.19. The summed E-state index contributed by atoms with van der Waals surface area (Å²) in [6.45, 7) is 2.28. The number of rotatable bonds is 3. The van der Waals surface area contributed by atoms with Gasteiger partial charge in [-0.3, -0.25) is 0 Å². The second-order valence-corrected chi connectivity index (χ2v) is 5.19. The lowest BCUT2D eigenvalue weighted by Gasteiger charge is -2.33. The summed E-state index contributed by atoms with van der Waals surface area (Å²) in [7, 11) is 0. The standard InChI is InChI=1S/C15H19F3N2O2/c1-2-22-13-8-4-3-7-12(13)19-14(21)20-9-5-6-11(10-20)15(16,17)18/h3-4,7-8,11H,2,5-6,9-10H2,1H3,(H,19,21)/t11-/m1/s1. The first-order valence-electron chi connectivity index (χ1n) is 7.26. The number of ether oxygens (including phenoxy) is 1. The van der Waals surface area contributed by atoms with Crippen LogP contribution >= 0.6 is 0 Å². The van der Waals surface area contributed by atoms with E-state index in [1.54, 1.807) is 24.3 Å². The monoisotopic (exact) mass is 316 g/mol. The number of para-hydroxylation sites is 2. The van der Waals surface area contributed by atoms with Gasteiger partial charge in [-0.2, -0.15) is 13.2 Å². The molecule has 0 unspecified atom stereocenters. The van der Waals surface area contributed by atoms with Gasteiger partial charge in [-0.1, -0.05) is 12.1 Å². The van der Waals surface area contributed by atoms with Crippen LogP contribution < -0.4 is 10.1 Å². The van der Waals surface area contributed by atoms with Crippen LogP contribution in [0, 0.1) is 5.92 Å². The van der Waals surface area contributed by atoms with Crippen molar-refractivity contribution in [2.75, 3.05) is 25.0 Å². The van der Waals surface area contributed by atoms with Gasteiger partial charge in [0, 0.05) is 13.1 Å². The number of hydrogen-bond donors (Lipinski definition) is 1. The van der Waals surface area contributed by atoms with Gasteiger partial charge in [-0.15, -0.1) is 0 Å². The fourth-order valence-corrected chi connectivity index (χ4v) is 2.47. The molecular formula is C15H19F3N2O2. The number of likely N-dealkylation sites (tertiary alicyclic amines) is 1. The van der Waals surface area contributed by atoms with E-state index in [4.69, 9.17) is 4.74 Å². The summed E-state index contributed by atoms with van der Waals surface area (Å²) in [6.07, 6.45) is -3.84. The fourth-order valence-electron chi connectivity index (χ4n) is 2.47. The van der Waals surface area contributed by atoms with Gasteiger partial charge in [0.15, 0.2) is 0 Å². The molecule has 1 saturated heterocycles. The minimum atomic E-state index is -4.26. The van der Waals surface area contributed by atoms with Gasteiger partial charge in [0.25, 0.3) is 0 Å². The van der Waals surface area contributed by atoms with E-state index in [0.717, 1.165) is 0 Å². The van der Waals surface area contributed by atoms with Gasteiger partial charge < -0.3 is 15.0 Å². The fraction of sp³-hybridized carbons (Fsp3) is 0.533. The van der Waals surface area contributed by atoms with Crippen molar-refractivity contribution in [3.63, 3.8) is 0 Å². The minimum Gasteiger partial charge on any atom is -0.492 e. The molecule has 0 bridgehead atoms. The molecule has 22 heavy (non-hydrogen) atoms. The van der Waals surface area contributed by atoms with Crippen molar-refractivity contribution < 1.29 is 22.7 Å². The zero-order valence-electron chi connectivity index (χ0n) is 12.3. The normalized spacial score (nSPS) is 18.9. The molecule has 2 rings (SSSR count). The SMILES string of the molecule is CCOc1ccccc1NC(=O)N1CCC[C@@H](C(F)(F)F)C1. The lowest BCUT2D eigenvalue weighted by atomic mass is 9.98. The summed E-state index contributed by atoms with van der Waals surface area (Å²) >= 11 is 0. The number of carbonyl (C=O) groups is 1. The van der Waals surface area contributed by atoms with E-state index in [-0.39, 0.29) is 13.0 Å². The first-order valence-corrected chi connectivity index (χ1v) is 7.26. The Labute approximate surface area is 127 Å². The third kappa shape index (κ3) is 4.05. The molecule has 0 radical (unpaired) electrons. The van der Waals surface area contributed by atoms with Gasteiger partial charge >= 0.3 is 12.2 Å². The molecule has 1 N–H and O–H groups in total. The molecule has 1 aliphatic heterocycles. The van der Waals surface area contributed by atoms with Crippen molar-refractivity contribution >= 4 is 11.7 Å². The third-order valence-corrected chi connectivity index (χ3v) is 3.60. The molecule has 4 nitrogen and oxygen atoms in total. The predicted molar refractivity (Wildman–Crippen MR) is 77.0 cm³/mol. The summed E-state index contributed by atoms with van der Waals surface area (Å²) in [6, 6.07) is 6.33. The molecule has 122 valence electrons. The number of hydrogen-bond acceptors (Lipinski definition) is 2. The number of halogens is 3. The number of nitrogens with one attached hydrogen (secondary N) is 1. The van der Waals surface area contributed by atoms with Gasteiger partial charge in [0.1, 0.15) is 5.75 Å². The molecule has 0 saturated carbocycles. The summed E-state index contributed by atoms with van der Waals surface area (Å²) in [5.74, 6) is -0.947.